The fourth-order valence-corrected chi connectivity index (χ4v) is 2.55. The molecule has 1 aromatic heterocycles. The van der Waals surface area contributed by atoms with Crippen molar-refractivity contribution in [2.75, 3.05) is 18.8 Å². The van der Waals surface area contributed by atoms with Crippen LogP contribution in [0.4, 0.5) is 5.69 Å². The number of anilines is 1. The average molecular weight is 234 g/mol. The number of hydrogen-bond acceptors (Lipinski definition) is 4. The molecule has 1 aliphatic heterocycles. The van der Waals surface area contributed by atoms with Crippen molar-refractivity contribution in [1.82, 2.24) is 9.88 Å². The van der Waals surface area contributed by atoms with Crippen molar-refractivity contribution in [2.45, 2.75) is 38.3 Å². The van der Waals surface area contributed by atoms with Gasteiger partial charge in [0, 0.05) is 29.2 Å². The second kappa shape index (κ2) is 4.63. The van der Waals surface area contributed by atoms with E-state index in [0.29, 0.717) is 0 Å². The van der Waals surface area contributed by atoms with Gasteiger partial charge in [-0.25, -0.2) is 0 Å². The summed E-state index contributed by atoms with van der Waals surface area (Å²) in [5, 5.41) is 0. The van der Waals surface area contributed by atoms with Gasteiger partial charge < -0.3 is 11.5 Å². The number of aromatic nitrogens is 1. The van der Waals surface area contributed by atoms with Crippen molar-refractivity contribution in [2.24, 2.45) is 5.73 Å². The van der Waals surface area contributed by atoms with Crippen LogP contribution in [0, 0.1) is 0 Å². The predicted molar refractivity (Wildman–Crippen MR) is 70.5 cm³/mol. The number of pyridine rings is 1. The molecule has 1 fully saturated rings. The Bertz CT molecular complexity index is 383. The lowest BCUT2D eigenvalue weighted by molar-refractivity contribution is 0.124. The molecule has 0 aliphatic carbocycles. The zero-order valence-corrected chi connectivity index (χ0v) is 10.7. The monoisotopic (exact) mass is 234 g/mol. The molecule has 0 radical (unpaired) electrons. The van der Waals surface area contributed by atoms with Crippen LogP contribution in [0.5, 0.6) is 0 Å². The first-order valence-corrected chi connectivity index (χ1v) is 6.23. The molecule has 94 valence electrons. The minimum Gasteiger partial charge on any atom is -0.398 e. The first-order chi connectivity index (χ1) is 8.03. The van der Waals surface area contributed by atoms with E-state index >= 15 is 0 Å². The summed E-state index contributed by atoms with van der Waals surface area (Å²) in [5.41, 5.74) is 14.0. The van der Waals surface area contributed by atoms with E-state index in [1.807, 2.05) is 6.07 Å². The van der Waals surface area contributed by atoms with Crippen molar-refractivity contribution in [3.8, 4) is 0 Å². The zero-order valence-electron chi connectivity index (χ0n) is 10.7. The maximum atomic E-state index is 6.39. The molecule has 2 rings (SSSR count). The Kier molecular flexibility index (Phi) is 3.35. The van der Waals surface area contributed by atoms with Crippen LogP contribution in [0.1, 0.15) is 38.3 Å². The van der Waals surface area contributed by atoms with Crippen LogP contribution in [0.25, 0.3) is 0 Å². The summed E-state index contributed by atoms with van der Waals surface area (Å²) in [4.78, 5) is 6.58. The first kappa shape index (κ1) is 12.3. The van der Waals surface area contributed by atoms with E-state index in [1.165, 1.54) is 12.8 Å². The summed E-state index contributed by atoms with van der Waals surface area (Å²) in [7, 11) is 0. The Hall–Kier alpha value is -1.13. The van der Waals surface area contributed by atoms with Gasteiger partial charge in [0.05, 0.1) is 6.04 Å². The minimum atomic E-state index is -0.103. The molecular formula is C13H22N4. The molecular weight excluding hydrogens is 212 g/mol. The predicted octanol–water partition coefficient (Wildman–Crippen LogP) is 1.54. The van der Waals surface area contributed by atoms with Crippen LogP contribution in [0.15, 0.2) is 18.5 Å². The third kappa shape index (κ3) is 2.28. The molecule has 4 heteroatoms. The zero-order chi connectivity index (χ0) is 12.5. The van der Waals surface area contributed by atoms with Crippen molar-refractivity contribution < 1.29 is 0 Å². The summed E-state index contributed by atoms with van der Waals surface area (Å²) in [6.07, 6.45) is 6.02. The highest BCUT2D eigenvalue weighted by molar-refractivity contribution is 5.47. The maximum Gasteiger partial charge on any atom is 0.0512 e. The molecule has 17 heavy (non-hydrogen) atoms. The molecule has 1 saturated heterocycles. The topological polar surface area (TPSA) is 68.2 Å². The van der Waals surface area contributed by atoms with Crippen LogP contribution in [-0.4, -0.2) is 28.5 Å². The lowest BCUT2D eigenvalue weighted by atomic mass is 9.88. The largest absolute Gasteiger partial charge is 0.398 e. The molecule has 1 aliphatic rings. The normalized spacial score (nSPS) is 19.5. The van der Waals surface area contributed by atoms with Gasteiger partial charge in [-0.3, -0.25) is 9.88 Å². The number of nitrogen functional groups attached to an aromatic ring is 1. The molecule has 4 nitrogen and oxygen atoms in total. The van der Waals surface area contributed by atoms with Crippen LogP contribution in [-0.2, 0) is 0 Å². The smallest absolute Gasteiger partial charge is 0.0512 e. The minimum absolute atomic E-state index is 0.0757. The average Bonchev–Trinajstić information content (AvgIpc) is 2.83. The Labute approximate surface area is 103 Å². The fourth-order valence-electron chi connectivity index (χ4n) is 2.55. The van der Waals surface area contributed by atoms with Crippen LogP contribution >= 0.6 is 0 Å². The summed E-state index contributed by atoms with van der Waals surface area (Å²) >= 11 is 0. The van der Waals surface area contributed by atoms with Crippen LogP contribution in [0.2, 0.25) is 0 Å². The Morgan fingerprint density at radius 3 is 2.59 bits per heavy atom. The molecule has 0 aromatic carbocycles. The second-order valence-electron chi connectivity index (χ2n) is 5.33. The fraction of sp³-hybridized carbons (Fsp3) is 0.615. The van der Waals surface area contributed by atoms with E-state index in [0.717, 1.165) is 24.3 Å². The first-order valence-electron chi connectivity index (χ1n) is 6.23. The summed E-state index contributed by atoms with van der Waals surface area (Å²) in [5.74, 6) is 0. The van der Waals surface area contributed by atoms with E-state index in [9.17, 15) is 0 Å². The van der Waals surface area contributed by atoms with Crippen molar-refractivity contribution in [3.05, 3.63) is 24.0 Å². The molecule has 1 atom stereocenters. The van der Waals surface area contributed by atoms with Gasteiger partial charge in [-0.05, 0) is 45.8 Å². The Morgan fingerprint density at radius 1 is 1.35 bits per heavy atom. The van der Waals surface area contributed by atoms with Gasteiger partial charge in [-0.1, -0.05) is 0 Å². The maximum absolute atomic E-state index is 6.39. The lowest BCUT2D eigenvalue weighted by Crippen LogP contribution is -2.50. The summed E-state index contributed by atoms with van der Waals surface area (Å²) < 4.78 is 0. The molecule has 4 N–H and O–H groups in total. The van der Waals surface area contributed by atoms with E-state index in [4.69, 9.17) is 11.5 Å². The standard InChI is InChI=1S/C13H22N4/c1-13(2,17-7-3-4-8-17)12(15)10-9-16-6-5-11(10)14/h5-6,9,12H,3-4,7-8,15H2,1-2H3,(H2,14,16). The number of rotatable bonds is 3. The van der Waals surface area contributed by atoms with Gasteiger partial charge in [0.1, 0.15) is 0 Å². The third-order valence-corrected chi connectivity index (χ3v) is 3.90. The van der Waals surface area contributed by atoms with E-state index in [1.54, 1.807) is 12.4 Å². The highest BCUT2D eigenvalue weighted by Gasteiger charge is 2.36. The highest BCUT2D eigenvalue weighted by Crippen LogP contribution is 2.33. The summed E-state index contributed by atoms with van der Waals surface area (Å²) in [6, 6.07) is 1.71. The summed E-state index contributed by atoms with van der Waals surface area (Å²) in [6.45, 7) is 6.63. The molecule has 1 aromatic rings. The number of likely N-dealkylation sites (tertiary alicyclic amines) is 1. The number of hydrogen-bond donors (Lipinski definition) is 2. The molecule has 0 amide bonds. The van der Waals surface area contributed by atoms with Gasteiger partial charge in [-0.15, -0.1) is 0 Å². The molecule has 2 heterocycles. The quantitative estimate of drug-likeness (QED) is 0.832. The third-order valence-electron chi connectivity index (χ3n) is 3.90. The van der Waals surface area contributed by atoms with Gasteiger partial charge in [0.15, 0.2) is 0 Å². The van der Waals surface area contributed by atoms with Crippen molar-refractivity contribution >= 4 is 5.69 Å². The van der Waals surface area contributed by atoms with Crippen molar-refractivity contribution in [3.63, 3.8) is 0 Å². The molecule has 1 unspecified atom stereocenters. The van der Waals surface area contributed by atoms with Gasteiger partial charge in [0.2, 0.25) is 0 Å². The van der Waals surface area contributed by atoms with Crippen LogP contribution < -0.4 is 11.5 Å². The van der Waals surface area contributed by atoms with Gasteiger partial charge in [0.25, 0.3) is 0 Å². The van der Waals surface area contributed by atoms with Crippen molar-refractivity contribution in [1.29, 1.82) is 0 Å². The number of nitrogens with two attached hydrogens (primary N) is 2. The van der Waals surface area contributed by atoms with Crippen LogP contribution in [0.3, 0.4) is 0 Å². The van der Waals surface area contributed by atoms with E-state index in [-0.39, 0.29) is 11.6 Å². The Balaban J connectivity index is 2.24. The van der Waals surface area contributed by atoms with Gasteiger partial charge >= 0.3 is 0 Å². The molecule has 0 bridgehead atoms. The molecule has 0 saturated carbocycles. The highest BCUT2D eigenvalue weighted by atomic mass is 15.2. The Morgan fingerprint density at radius 2 is 2.00 bits per heavy atom. The SMILES string of the molecule is CC(C)(C(N)c1cnccc1N)N1CCCC1. The molecule has 0 spiro atoms. The second-order valence-corrected chi connectivity index (χ2v) is 5.33. The van der Waals surface area contributed by atoms with E-state index < -0.39 is 0 Å². The number of nitrogens with zero attached hydrogens (tertiary/aromatic N) is 2. The lowest BCUT2D eigenvalue weighted by Gasteiger charge is -2.40. The van der Waals surface area contributed by atoms with E-state index in [2.05, 4.69) is 23.7 Å². The van der Waals surface area contributed by atoms with Gasteiger partial charge in [-0.2, -0.15) is 0 Å².